The zero-order valence-electron chi connectivity index (χ0n) is 13.7. The van der Waals surface area contributed by atoms with E-state index in [0.717, 1.165) is 16.7 Å². The number of rotatable bonds is 0. The number of hydrogen-bond acceptors (Lipinski definition) is 6. The van der Waals surface area contributed by atoms with Crippen LogP contribution in [0, 0.1) is 6.92 Å². The van der Waals surface area contributed by atoms with Crippen molar-refractivity contribution in [1.82, 2.24) is 0 Å². The van der Waals surface area contributed by atoms with Gasteiger partial charge >= 0.3 is 0 Å². The quantitative estimate of drug-likeness (QED) is 0.784. The molecule has 0 saturated carbocycles. The number of benzene rings is 1. The van der Waals surface area contributed by atoms with Gasteiger partial charge in [0.15, 0.2) is 0 Å². The van der Waals surface area contributed by atoms with Crippen molar-refractivity contribution in [2.75, 3.05) is 52.9 Å². The number of hydrogen-bond donors (Lipinski definition) is 1. The van der Waals surface area contributed by atoms with E-state index >= 15 is 0 Å². The van der Waals surface area contributed by atoms with Crippen LogP contribution in [0.2, 0.25) is 0 Å². The van der Waals surface area contributed by atoms with Crippen molar-refractivity contribution < 1.29 is 28.8 Å². The number of ether oxygens (including phenoxy) is 5. The summed E-state index contributed by atoms with van der Waals surface area (Å²) < 4.78 is 27.3. The molecule has 2 bridgehead atoms. The Morgan fingerprint density at radius 3 is 1.39 bits per heavy atom. The summed E-state index contributed by atoms with van der Waals surface area (Å²) in [7, 11) is 0. The molecule has 0 unspecified atom stereocenters. The van der Waals surface area contributed by atoms with Gasteiger partial charge in [-0.15, -0.1) is 0 Å². The van der Waals surface area contributed by atoms with Crippen LogP contribution in [0.25, 0.3) is 0 Å². The number of phenols is 1. The first-order valence-corrected chi connectivity index (χ1v) is 7.97. The van der Waals surface area contributed by atoms with Gasteiger partial charge in [-0.1, -0.05) is 17.7 Å². The third-order valence-corrected chi connectivity index (χ3v) is 3.42. The molecule has 0 radical (unpaired) electrons. The van der Waals surface area contributed by atoms with Gasteiger partial charge in [-0.3, -0.25) is 0 Å². The first kappa shape index (κ1) is 18.2. The first-order chi connectivity index (χ1) is 11.3. The molecule has 0 amide bonds. The molecule has 2 rings (SSSR count). The zero-order valence-corrected chi connectivity index (χ0v) is 13.7. The van der Waals surface area contributed by atoms with E-state index in [2.05, 4.69) is 0 Å². The number of aryl methyl sites for hydroxylation is 1. The Morgan fingerprint density at radius 2 is 1.00 bits per heavy atom. The van der Waals surface area contributed by atoms with Gasteiger partial charge in [0, 0.05) is 11.1 Å². The highest BCUT2D eigenvalue weighted by Gasteiger charge is 2.09. The highest BCUT2D eigenvalue weighted by molar-refractivity contribution is 5.42. The molecule has 1 aliphatic heterocycles. The van der Waals surface area contributed by atoms with E-state index < -0.39 is 0 Å². The SMILES string of the molecule is Cc1cc2c(O)c(c1)COCCOCCOCCOCCOC2. The van der Waals surface area contributed by atoms with Crippen LogP contribution < -0.4 is 0 Å². The standard InChI is InChI=1S/C17H26O6/c1-14-10-15-12-22-8-6-20-4-2-19-3-5-21-7-9-23-13-16(11-14)17(15)18/h10-11,18H,2-9,12-13H2,1H3. The van der Waals surface area contributed by atoms with Crippen molar-refractivity contribution in [3.63, 3.8) is 0 Å². The Labute approximate surface area is 137 Å². The van der Waals surface area contributed by atoms with Crippen LogP contribution in [0.1, 0.15) is 16.7 Å². The molecule has 0 aliphatic carbocycles. The van der Waals surface area contributed by atoms with Gasteiger partial charge in [0.2, 0.25) is 0 Å². The van der Waals surface area contributed by atoms with Gasteiger partial charge in [0.1, 0.15) is 5.75 Å². The third-order valence-electron chi connectivity index (χ3n) is 3.42. The highest BCUT2D eigenvalue weighted by atomic mass is 16.6. The second kappa shape index (κ2) is 10.6. The lowest BCUT2D eigenvalue weighted by atomic mass is 10.1. The summed E-state index contributed by atoms with van der Waals surface area (Å²) >= 11 is 0. The van der Waals surface area contributed by atoms with Crippen molar-refractivity contribution in [2.45, 2.75) is 20.1 Å². The van der Waals surface area contributed by atoms with Crippen LogP contribution in [0.4, 0.5) is 0 Å². The fourth-order valence-corrected chi connectivity index (χ4v) is 2.30. The zero-order chi connectivity index (χ0) is 16.3. The fourth-order valence-electron chi connectivity index (χ4n) is 2.30. The van der Waals surface area contributed by atoms with Crippen molar-refractivity contribution in [3.8, 4) is 5.75 Å². The van der Waals surface area contributed by atoms with E-state index in [1.807, 2.05) is 19.1 Å². The summed E-state index contributed by atoms with van der Waals surface area (Å²) in [4.78, 5) is 0. The van der Waals surface area contributed by atoms with Crippen LogP contribution in [0.15, 0.2) is 12.1 Å². The predicted octanol–water partition coefficient (Wildman–Crippen LogP) is 1.80. The molecule has 1 N–H and O–H groups in total. The van der Waals surface area contributed by atoms with Crippen molar-refractivity contribution in [2.24, 2.45) is 0 Å². The lowest BCUT2D eigenvalue weighted by Crippen LogP contribution is -2.13. The second-order valence-corrected chi connectivity index (χ2v) is 5.37. The minimum Gasteiger partial charge on any atom is -0.507 e. The summed E-state index contributed by atoms with van der Waals surface area (Å²) in [6.45, 7) is 6.80. The average molecular weight is 326 g/mol. The largest absolute Gasteiger partial charge is 0.507 e. The van der Waals surface area contributed by atoms with Gasteiger partial charge in [0.05, 0.1) is 66.1 Å². The predicted molar refractivity (Wildman–Crippen MR) is 84.6 cm³/mol. The van der Waals surface area contributed by atoms with E-state index in [4.69, 9.17) is 23.7 Å². The summed E-state index contributed by atoms with van der Waals surface area (Å²) in [5.74, 6) is 0.243. The molecule has 6 heteroatoms. The smallest absolute Gasteiger partial charge is 0.126 e. The molecule has 1 aromatic rings. The van der Waals surface area contributed by atoms with Gasteiger partial charge in [-0.05, 0) is 6.92 Å². The number of aromatic hydroxyl groups is 1. The first-order valence-electron chi connectivity index (χ1n) is 7.97. The topological polar surface area (TPSA) is 66.4 Å². The molecule has 0 saturated heterocycles. The van der Waals surface area contributed by atoms with E-state index in [9.17, 15) is 5.11 Å². The fraction of sp³-hybridized carbons (Fsp3) is 0.647. The minimum absolute atomic E-state index is 0.243. The van der Waals surface area contributed by atoms with Gasteiger partial charge in [-0.2, -0.15) is 0 Å². The van der Waals surface area contributed by atoms with E-state index in [1.165, 1.54) is 0 Å². The molecule has 23 heavy (non-hydrogen) atoms. The molecule has 0 atom stereocenters. The summed E-state index contributed by atoms with van der Waals surface area (Å²) in [6, 6.07) is 3.85. The summed E-state index contributed by atoms with van der Waals surface area (Å²) in [5.41, 5.74) is 2.60. The van der Waals surface area contributed by atoms with Crippen LogP contribution in [-0.2, 0) is 36.9 Å². The molecule has 1 aliphatic rings. The molecular weight excluding hydrogens is 300 g/mol. The second-order valence-electron chi connectivity index (χ2n) is 5.37. The molecule has 1 heterocycles. The van der Waals surface area contributed by atoms with Crippen molar-refractivity contribution in [1.29, 1.82) is 0 Å². The Kier molecular flexibility index (Phi) is 8.35. The molecule has 130 valence electrons. The third kappa shape index (κ3) is 6.85. The van der Waals surface area contributed by atoms with Crippen LogP contribution in [0.5, 0.6) is 5.75 Å². The van der Waals surface area contributed by atoms with Crippen LogP contribution >= 0.6 is 0 Å². The minimum atomic E-state index is 0.243. The Morgan fingerprint density at radius 1 is 0.652 bits per heavy atom. The summed E-state index contributed by atoms with van der Waals surface area (Å²) in [5, 5.41) is 10.3. The molecule has 0 spiro atoms. The molecule has 0 aromatic heterocycles. The van der Waals surface area contributed by atoms with Crippen molar-refractivity contribution in [3.05, 3.63) is 28.8 Å². The van der Waals surface area contributed by atoms with Crippen LogP contribution in [-0.4, -0.2) is 58.0 Å². The maximum Gasteiger partial charge on any atom is 0.126 e. The number of fused-ring (bicyclic) bond motifs is 2. The van der Waals surface area contributed by atoms with Gasteiger partial charge < -0.3 is 28.8 Å². The van der Waals surface area contributed by atoms with Gasteiger partial charge in [-0.25, -0.2) is 0 Å². The lowest BCUT2D eigenvalue weighted by Gasteiger charge is -2.13. The van der Waals surface area contributed by atoms with E-state index in [0.29, 0.717) is 66.1 Å². The Bertz CT molecular complexity index is 425. The van der Waals surface area contributed by atoms with Gasteiger partial charge in [0.25, 0.3) is 0 Å². The average Bonchev–Trinajstić information content (AvgIpc) is 2.53. The lowest BCUT2D eigenvalue weighted by molar-refractivity contribution is -0.0148. The monoisotopic (exact) mass is 326 g/mol. The molecular formula is C17H26O6. The number of phenolic OH excluding ortho intramolecular Hbond substituents is 1. The van der Waals surface area contributed by atoms with Crippen molar-refractivity contribution >= 4 is 0 Å². The van der Waals surface area contributed by atoms with E-state index in [-0.39, 0.29) is 5.75 Å². The van der Waals surface area contributed by atoms with E-state index in [1.54, 1.807) is 0 Å². The highest BCUT2D eigenvalue weighted by Crippen LogP contribution is 2.26. The molecule has 1 aromatic carbocycles. The summed E-state index contributed by atoms with van der Waals surface area (Å²) in [6.07, 6.45) is 0. The normalized spacial score (nSPS) is 19.7. The maximum absolute atomic E-state index is 10.3. The Balaban J connectivity index is 1.93. The Hall–Kier alpha value is -1.18. The molecule has 6 nitrogen and oxygen atoms in total. The van der Waals surface area contributed by atoms with Crippen LogP contribution in [0.3, 0.4) is 0 Å². The molecule has 0 fully saturated rings. The maximum atomic E-state index is 10.3.